The summed E-state index contributed by atoms with van der Waals surface area (Å²) in [6, 6.07) is 14.1. The summed E-state index contributed by atoms with van der Waals surface area (Å²) in [5.41, 5.74) is -2.64. The predicted octanol–water partition coefficient (Wildman–Crippen LogP) is 7.18. The number of aromatic hydroxyl groups is 1. The highest BCUT2D eigenvalue weighted by Crippen LogP contribution is 2.40. The van der Waals surface area contributed by atoms with Crippen LogP contribution in [0, 0.1) is 0 Å². The van der Waals surface area contributed by atoms with E-state index in [0.29, 0.717) is 11.3 Å². The minimum absolute atomic E-state index is 0.0585. The molecule has 0 fully saturated rings. The van der Waals surface area contributed by atoms with Crippen LogP contribution in [0.1, 0.15) is 30.7 Å². The van der Waals surface area contributed by atoms with Gasteiger partial charge in [0.15, 0.2) is 0 Å². The lowest BCUT2D eigenvalue weighted by atomic mass is 10.0. The molecule has 1 aromatic heterocycles. The Morgan fingerprint density at radius 2 is 1.33 bits per heavy atom. The molecule has 0 aliphatic heterocycles. The van der Waals surface area contributed by atoms with Crippen molar-refractivity contribution in [3.63, 3.8) is 0 Å². The van der Waals surface area contributed by atoms with E-state index in [-0.39, 0.29) is 22.6 Å². The number of hydrogen-bond acceptors (Lipinski definition) is 3. The minimum atomic E-state index is -4.74. The number of phenols is 1. The fourth-order valence-electron chi connectivity index (χ4n) is 3.74. The number of benzene rings is 3. The summed E-state index contributed by atoms with van der Waals surface area (Å²) in [4.78, 5) is 4.29. The third-order valence-electron chi connectivity index (χ3n) is 5.59. The van der Waals surface area contributed by atoms with Crippen LogP contribution < -0.4 is 0 Å². The molecule has 0 bridgehead atoms. The molecule has 4 rings (SSSR count). The molecule has 0 radical (unpaired) electrons. The van der Waals surface area contributed by atoms with E-state index in [2.05, 4.69) is 4.98 Å². The molecule has 2 N–H and O–H groups in total. The molecule has 0 unspecified atom stereocenters. The molecule has 0 spiro atoms. The molecular formula is C26H20F6N2O2. The Hall–Kier alpha value is -3.79. The van der Waals surface area contributed by atoms with Gasteiger partial charge in [-0.1, -0.05) is 36.4 Å². The lowest BCUT2D eigenvalue weighted by Gasteiger charge is -2.14. The Kier molecular flexibility index (Phi) is 6.12. The standard InChI is InChI=1S/C26H20F6N2O2/c1-24(2,36)22-14-34(23(33-22)18-5-3-4-6-19(18)25(27,28)29)17-10-7-15(8-11-17)16-9-12-21(35)20(13-16)26(30,31)32/h3-14,35-36H,1-2H3. The highest BCUT2D eigenvalue weighted by Gasteiger charge is 2.36. The highest BCUT2D eigenvalue weighted by atomic mass is 19.4. The topological polar surface area (TPSA) is 58.3 Å². The van der Waals surface area contributed by atoms with Crippen LogP contribution >= 0.6 is 0 Å². The second-order valence-corrected chi connectivity index (χ2v) is 8.70. The van der Waals surface area contributed by atoms with Crippen molar-refractivity contribution in [3.05, 3.63) is 89.7 Å². The quantitative estimate of drug-likeness (QED) is 0.289. The molecule has 36 heavy (non-hydrogen) atoms. The molecular weight excluding hydrogens is 486 g/mol. The van der Waals surface area contributed by atoms with E-state index in [1.165, 1.54) is 73.1 Å². The number of imidazole rings is 1. The van der Waals surface area contributed by atoms with Gasteiger partial charge < -0.3 is 10.2 Å². The lowest BCUT2D eigenvalue weighted by Crippen LogP contribution is -2.15. The van der Waals surface area contributed by atoms with Gasteiger partial charge in [0.25, 0.3) is 0 Å². The van der Waals surface area contributed by atoms with Gasteiger partial charge >= 0.3 is 12.4 Å². The molecule has 3 aromatic carbocycles. The second-order valence-electron chi connectivity index (χ2n) is 8.70. The fourth-order valence-corrected chi connectivity index (χ4v) is 3.74. The minimum Gasteiger partial charge on any atom is -0.507 e. The van der Waals surface area contributed by atoms with Gasteiger partial charge in [-0.15, -0.1) is 0 Å². The maximum atomic E-state index is 13.7. The fraction of sp³-hybridized carbons (Fsp3) is 0.192. The van der Waals surface area contributed by atoms with Gasteiger partial charge in [0.05, 0.1) is 16.8 Å². The largest absolute Gasteiger partial charge is 0.507 e. The molecule has 188 valence electrons. The summed E-state index contributed by atoms with van der Waals surface area (Å²) in [7, 11) is 0. The van der Waals surface area contributed by atoms with Crippen LogP contribution in [0.2, 0.25) is 0 Å². The van der Waals surface area contributed by atoms with Crippen molar-refractivity contribution in [3.8, 4) is 34.0 Å². The van der Waals surface area contributed by atoms with E-state index in [1.807, 2.05) is 0 Å². The van der Waals surface area contributed by atoms with Crippen molar-refractivity contribution >= 4 is 0 Å². The zero-order valence-electron chi connectivity index (χ0n) is 19.0. The summed E-state index contributed by atoms with van der Waals surface area (Å²) >= 11 is 0. The monoisotopic (exact) mass is 506 g/mol. The van der Waals surface area contributed by atoms with E-state index in [0.717, 1.165) is 18.2 Å². The summed E-state index contributed by atoms with van der Waals surface area (Å²) in [5, 5.41) is 20.0. The van der Waals surface area contributed by atoms with E-state index >= 15 is 0 Å². The number of hydrogen-bond donors (Lipinski definition) is 2. The molecule has 4 aromatic rings. The number of halogens is 6. The third kappa shape index (κ3) is 4.94. The van der Waals surface area contributed by atoms with Gasteiger partial charge in [0, 0.05) is 17.4 Å². The number of alkyl halides is 6. The number of rotatable bonds is 4. The average molecular weight is 506 g/mol. The third-order valence-corrected chi connectivity index (χ3v) is 5.59. The number of aromatic nitrogens is 2. The van der Waals surface area contributed by atoms with Crippen LogP contribution in [-0.2, 0) is 18.0 Å². The first kappa shape index (κ1) is 25.3. The maximum absolute atomic E-state index is 13.7. The number of aliphatic hydroxyl groups is 1. The van der Waals surface area contributed by atoms with Crippen molar-refractivity contribution < 1.29 is 36.6 Å². The second kappa shape index (κ2) is 8.70. The van der Waals surface area contributed by atoms with Crippen LogP contribution in [-0.4, -0.2) is 19.8 Å². The smallest absolute Gasteiger partial charge is 0.419 e. The first-order chi connectivity index (χ1) is 16.7. The molecule has 0 amide bonds. The molecule has 0 aliphatic carbocycles. The lowest BCUT2D eigenvalue weighted by molar-refractivity contribution is -0.139. The molecule has 1 heterocycles. The molecule has 0 atom stereocenters. The summed E-state index contributed by atoms with van der Waals surface area (Å²) in [5.74, 6) is -0.954. The van der Waals surface area contributed by atoms with Gasteiger partial charge in [0.2, 0.25) is 0 Å². The molecule has 0 saturated heterocycles. The summed E-state index contributed by atoms with van der Waals surface area (Å²) in [6.07, 6.45) is -7.98. The summed E-state index contributed by atoms with van der Waals surface area (Å²) in [6.45, 7) is 2.90. The van der Waals surface area contributed by atoms with Gasteiger partial charge in [-0.3, -0.25) is 4.57 Å². The van der Waals surface area contributed by atoms with Crippen molar-refractivity contribution in [1.29, 1.82) is 0 Å². The Morgan fingerprint density at radius 1 is 0.750 bits per heavy atom. The normalized spacial score (nSPS) is 12.7. The first-order valence-corrected chi connectivity index (χ1v) is 10.7. The van der Waals surface area contributed by atoms with Crippen molar-refractivity contribution in [1.82, 2.24) is 9.55 Å². The number of nitrogens with zero attached hydrogens (tertiary/aromatic N) is 2. The van der Waals surface area contributed by atoms with Crippen molar-refractivity contribution in [2.75, 3.05) is 0 Å². The number of phenolic OH excluding ortho intramolecular Hbond substituents is 1. The summed E-state index contributed by atoms with van der Waals surface area (Å²) < 4.78 is 82.1. The predicted molar refractivity (Wildman–Crippen MR) is 121 cm³/mol. The van der Waals surface area contributed by atoms with Gasteiger partial charge in [-0.2, -0.15) is 26.3 Å². The first-order valence-electron chi connectivity index (χ1n) is 10.7. The van der Waals surface area contributed by atoms with Crippen LogP contribution in [0.15, 0.2) is 72.9 Å². The van der Waals surface area contributed by atoms with Crippen LogP contribution in [0.25, 0.3) is 28.2 Å². The van der Waals surface area contributed by atoms with E-state index in [1.54, 1.807) is 0 Å². The van der Waals surface area contributed by atoms with Crippen LogP contribution in [0.3, 0.4) is 0 Å². The van der Waals surface area contributed by atoms with E-state index in [4.69, 9.17) is 0 Å². The Balaban J connectivity index is 1.83. The van der Waals surface area contributed by atoms with E-state index < -0.39 is 34.8 Å². The molecule has 0 aliphatic rings. The van der Waals surface area contributed by atoms with Crippen molar-refractivity contribution in [2.45, 2.75) is 31.8 Å². The van der Waals surface area contributed by atoms with Gasteiger partial charge in [-0.25, -0.2) is 4.98 Å². The van der Waals surface area contributed by atoms with Gasteiger partial charge in [-0.05, 0) is 55.3 Å². The van der Waals surface area contributed by atoms with Gasteiger partial charge in [0.1, 0.15) is 17.2 Å². The van der Waals surface area contributed by atoms with Crippen LogP contribution in [0.5, 0.6) is 5.75 Å². The zero-order chi connectivity index (χ0) is 26.5. The SMILES string of the molecule is CC(C)(O)c1cn(-c2ccc(-c3ccc(O)c(C(F)(F)F)c3)cc2)c(-c2ccccc2C(F)(F)F)n1. The Morgan fingerprint density at radius 3 is 1.92 bits per heavy atom. The molecule has 0 saturated carbocycles. The average Bonchev–Trinajstić information content (AvgIpc) is 3.24. The molecule has 4 nitrogen and oxygen atoms in total. The Labute approximate surface area is 202 Å². The van der Waals surface area contributed by atoms with Crippen molar-refractivity contribution in [2.24, 2.45) is 0 Å². The highest BCUT2D eigenvalue weighted by molar-refractivity contribution is 5.69. The Bertz CT molecular complexity index is 1400. The zero-order valence-corrected chi connectivity index (χ0v) is 19.0. The maximum Gasteiger partial charge on any atom is 0.419 e. The van der Waals surface area contributed by atoms with Crippen LogP contribution in [0.4, 0.5) is 26.3 Å². The van der Waals surface area contributed by atoms with E-state index in [9.17, 15) is 36.6 Å². The molecule has 10 heteroatoms.